The Bertz CT molecular complexity index is 831. The third-order valence-corrected chi connectivity index (χ3v) is 3.78. The third kappa shape index (κ3) is 34.8. The molecule has 0 aromatic heterocycles. The molecular weight excluding hydrogens is 690 g/mol. The van der Waals surface area contributed by atoms with Crippen molar-refractivity contribution in [2.24, 2.45) is 0 Å². The number of carboxylic acids is 9. The molecule has 27 heteroatoms. The topological polar surface area (TPSA) is 413 Å². The zero-order valence-electron chi connectivity index (χ0n) is 25.0. The van der Waals surface area contributed by atoms with Crippen LogP contribution in [0.4, 0.5) is 0 Å². The van der Waals surface area contributed by atoms with Crippen LogP contribution in [0.2, 0.25) is 0 Å². The molecule has 0 heterocycles. The van der Waals surface area contributed by atoms with Crippen molar-refractivity contribution >= 4 is 53.7 Å². The minimum atomic E-state index is -2.91. The van der Waals surface area contributed by atoms with E-state index in [-0.39, 0.29) is 177 Å². The summed E-state index contributed by atoms with van der Waals surface area (Å²) in [7, 11) is 0. The molecule has 0 aromatic carbocycles. The first-order chi connectivity index (χ1) is 17.3. The number of hydrogen-bond donors (Lipinski definition) is 6. The predicted molar refractivity (Wildman–Crippen MR) is 95.5 cm³/mol. The van der Waals surface area contributed by atoms with Crippen LogP contribution in [0.15, 0.2) is 0 Å². The van der Waals surface area contributed by atoms with Gasteiger partial charge in [0.25, 0.3) is 0 Å². The summed E-state index contributed by atoms with van der Waals surface area (Å²) in [6.07, 6.45) is -7.69. The Labute approximate surface area is 384 Å². The van der Waals surface area contributed by atoms with Crippen molar-refractivity contribution in [3.8, 4) is 0 Å². The number of carboxylic acid groups (broad SMARTS) is 9. The molecule has 0 rings (SSSR count). The first-order valence-electron chi connectivity index (χ1n) is 9.40. The van der Waals surface area contributed by atoms with Gasteiger partial charge in [-0.15, -0.1) is 0 Å². The summed E-state index contributed by atoms with van der Waals surface area (Å²) >= 11 is 0. The van der Waals surface area contributed by atoms with Crippen molar-refractivity contribution in [2.45, 2.75) is 55.3 Å². The van der Waals surface area contributed by atoms with E-state index in [2.05, 4.69) is 0 Å². The molecule has 0 saturated carbocycles. The van der Waals surface area contributed by atoms with Crippen molar-refractivity contribution in [2.75, 3.05) is 0 Å². The van der Waals surface area contributed by atoms with E-state index in [9.17, 15) is 73.8 Å². The molecule has 0 spiro atoms. The average molecular weight is 708 g/mol. The van der Waals surface area contributed by atoms with E-state index in [1.165, 1.54) is 0 Å². The van der Waals surface area contributed by atoms with Crippen LogP contribution in [0.5, 0.6) is 0 Å². The molecule has 0 aliphatic rings. The quantitative estimate of drug-likeness (QED) is 0.0860. The Morgan fingerprint density at radius 1 is 0.356 bits per heavy atom. The fourth-order valence-electron chi connectivity index (χ4n) is 2.09. The summed E-state index contributed by atoms with van der Waals surface area (Å²) in [6.45, 7) is 0. The van der Waals surface area contributed by atoms with Crippen LogP contribution in [0, 0.1) is 0 Å². The van der Waals surface area contributed by atoms with E-state index in [1.807, 2.05) is 0 Å². The monoisotopic (exact) mass is 708 g/mol. The molecule has 21 nitrogen and oxygen atoms in total. The summed E-state index contributed by atoms with van der Waals surface area (Å²) in [6, 6.07) is 0. The number of carbonyl (C=O) groups is 9. The van der Waals surface area contributed by atoms with Gasteiger partial charge in [0, 0.05) is 37.2 Å². The van der Waals surface area contributed by atoms with Gasteiger partial charge in [0.1, 0.15) is 16.8 Å². The average Bonchev–Trinajstić information content (AvgIpc) is 2.64. The SMILES string of the molecule is O=C([O-])CC(O)(CC(=O)O)C(=O)[O-].O=C([O-])CC(O)(CC(=O)O)C(=O)[O-].O=C([O-])CC(O)(CC(=O)O)C(=O)[O-].[Na+].[Na+].[Na+].[Na+].[Na+].[Na+]. The predicted octanol–water partition coefficient (Wildman–Crippen LogP) is -29.7. The number of rotatable bonds is 15. The second-order valence-electron chi connectivity index (χ2n) is 7.32. The van der Waals surface area contributed by atoms with E-state index in [4.69, 9.17) is 30.6 Å². The Morgan fingerprint density at radius 3 is 0.556 bits per heavy atom. The summed E-state index contributed by atoms with van der Waals surface area (Å²) in [5.74, 6) is -17.0. The van der Waals surface area contributed by atoms with E-state index in [0.29, 0.717) is 0 Å². The van der Waals surface area contributed by atoms with E-state index < -0.39 is 109 Å². The smallest absolute Gasteiger partial charge is 0.550 e. The minimum Gasteiger partial charge on any atom is -0.550 e. The van der Waals surface area contributed by atoms with Gasteiger partial charge in [-0.1, -0.05) is 0 Å². The number of aliphatic carboxylic acids is 9. The van der Waals surface area contributed by atoms with Gasteiger partial charge in [0.05, 0.1) is 37.2 Å². The minimum absolute atomic E-state index is 0. The van der Waals surface area contributed by atoms with Gasteiger partial charge in [-0.25, -0.2) is 0 Å². The maximum Gasteiger partial charge on any atom is 1.00 e. The zero-order valence-corrected chi connectivity index (χ0v) is 37.0. The maximum atomic E-state index is 10.2. The van der Waals surface area contributed by atoms with Crippen molar-refractivity contribution < 1.29 is 282 Å². The Morgan fingerprint density at radius 2 is 0.489 bits per heavy atom. The van der Waals surface area contributed by atoms with Crippen molar-refractivity contribution in [1.29, 1.82) is 0 Å². The van der Waals surface area contributed by atoms with Crippen LogP contribution in [0.25, 0.3) is 0 Å². The second-order valence-corrected chi connectivity index (χ2v) is 7.32. The molecule has 0 aromatic rings. The fraction of sp³-hybridized carbons (Fsp3) is 0.500. The Balaban J connectivity index is -0.0000000579. The van der Waals surface area contributed by atoms with Gasteiger partial charge in [-0.05, 0) is 0 Å². The maximum absolute atomic E-state index is 10.2. The fourth-order valence-corrected chi connectivity index (χ4v) is 2.09. The molecule has 3 atom stereocenters. The van der Waals surface area contributed by atoms with Crippen LogP contribution in [0.3, 0.4) is 0 Å². The van der Waals surface area contributed by atoms with Crippen LogP contribution >= 0.6 is 0 Å². The van der Waals surface area contributed by atoms with E-state index in [0.717, 1.165) is 0 Å². The van der Waals surface area contributed by atoms with E-state index >= 15 is 0 Å². The first kappa shape index (κ1) is 68.1. The van der Waals surface area contributed by atoms with Gasteiger partial charge in [-0.3, -0.25) is 14.4 Å². The standard InChI is InChI=1S/3C6H8O7.6Na/c3*7-3(8)1-6(13,5(11)12)2-4(9)10;;;;;;/h3*13H,1-2H2,(H,7,8)(H,9,10)(H,11,12);;;;;;/q;;;6*+1/p-6. The third-order valence-electron chi connectivity index (χ3n) is 3.78. The van der Waals surface area contributed by atoms with Gasteiger partial charge >= 0.3 is 195 Å². The summed E-state index contributed by atoms with van der Waals surface area (Å²) in [5.41, 5.74) is -8.74. The zero-order chi connectivity index (χ0) is 31.9. The first-order valence-corrected chi connectivity index (χ1v) is 9.40. The molecule has 0 amide bonds. The van der Waals surface area contributed by atoms with Crippen molar-refractivity contribution in [1.82, 2.24) is 0 Å². The van der Waals surface area contributed by atoms with Crippen LogP contribution < -0.4 is 208 Å². The molecule has 45 heavy (non-hydrogen) atoms. The summed E-state index contributed by atoms with van der Waals surface area (Å²) in [4.78, 5) is 90.5. The van der Waals surface area contributed by atoms with Gasteiger partial charge in [0.15, 0.2) is 0 Å². The Hall–Kier alpha value is 1.11. The van der Waals surface area contributed by atoms with Gasteiger partial charge in [0.2, 0.25) is 0 Å². The van der Waals surface area contributed by atoms with Crippen LogP contribution in [-0.2, 0) is 43.2 Å². The van der Waals surface area contributed by atoms with Crippen LogP contribution in [-0.4, -0.2) is 101 Å². The molecule has 0 aliphatic heterocycles. The molecule has 6 N–H and O–H groups in total. The number of aliphatic hydroxyl groups is 3. The molecule has 0 saturated heterocycles. The normalized spacial score (nSPS) is 12.6. The van der Waals surface area contributed by atoms with Gasteiger partial charge < -0.3 is 90.0 Å². The second kappa shape index (κ2) is 32.3. The van der Waals surface area contributed by atoms with E-state index in [1.54, 1.807) is 0 Å². The molecule has 0 radical (unpaired) electrons. The molecule has 222 valence electrons. The van der Waals surface area contributed by atoms with Crippen LogP contribution in [0.1, 0.15) is 38.5 Å². The molecule has 3 unspecified atom stereocenters. The molecule has 0 aliphatic carbocycles. The number of carbonyl (C=O) groups excluding carboxylic acids is 6. The molecule has 0 fully saturated rings. The van der Waals surface area contributed by atoms with Gasteiger partial charge in [-0.2, -0.15) is 0 Å². The van der Waals surface area contributed by atoms with Crippen molar-refractivity contribution in [3.63, 3.8) is 0 Å². The molecule has 0 bridgehead atoms. The largest absolute Gasteiger partial charge is 1.00 e. The Kier molecular flexibility index (Phi) is 48.9. The number of hydrogen-bond acceptors (Lipinski definition) is 18. The molecular formula is C18H18Na6O21. The van der Waals surface area contributed by atoms with Crippen molar-refractivity contribution in [3.05, 3.63) is 0 Å². The summed E-state index contributed by atoms with van der Waals surface area (Å²) < 4.78 is 0. The summed E-state index contributed by atoms with van der Waals surface area (Å²) in [5, 5.41) is 112.